The van der Waals surface area contributed by atoms with E-state index in [1.54, 1.807) is 38.1 Å². The minimum absolute atomic E-state index is 0.0684. The van der Waals surface area contributed by atoms with E-state index in [-0.39, 0.29) is 29.3 Å². The van der Waals surface area contributed by atoms with E-state index < -0.39 is 11.4 Å². The summed E-state index contributed by atoms with van der Waals surface area (Å²) in [6.45, 7) is 3.28. The van der Waals surface area contributed by atoms with Gasteiger partial charge in [0.05, 0.1) is 33.0 Å². The number of hydrogen-bond donors (Lipinski definition) is 2. The molecular formula is C23H23FN6O5S. The first-order chi connectivity index (χ1) is 17.2. The Hall–Kier alpha value is -4.26. The zero-order chi connectivity index (χ0) is 26.0. The number of hydrogen-bond acceptors (Lipinski definition) is 10. The van der Waals surface area contributed by atoms with Crippen LogP contribution in [0.15, 0.2) is 30.5 Å². The van der Waals surface area contributed by atoms with Crippen molar-refractivity contribution in [3.05, 3.63) is 36.3 Å². The molecule has 0 saturated carbocycles. The molecule has 4 rings (SSSR count). The molecule has 0 bridgehead atoms. The summed E-state index contributed by atoms with van der Waals surface area (Å²) in [5, 5.41) is 5.68. The first-order valence-electron chi connectivity index (χ1n) is 10.6. The Morgan fingerprint density at radius 2 is 1.83 bits per heavy atom. The van der Waals surface area contributed by atoms with Crippen LogP contribution in [0.3, 0.4) is 0 Å². The second-order valence-electron chi connectivity index (χ2n) is 7.96. The molecule has 1 amide bonds. The predicted octanol–water partition coefficient (Wildman–Crippen LogP) is 3.98. The van der Waals surface area contributed by atoms with Crippen molar-refractivity contribution in [1.82, 2.24) is 15.0 Å². The minimum Gasteiger partial charge on any atom is -0.493 e. The lowest BCUT2D eigenvalue weighted by atomic mass is 10.1. The SMILES string of the molecule is COc1cc(Nc2ncc(F)c(N(C=S)c3ccc4c(n3)NC(=O)C(C)(C)O4)n2)cc(OC)c1OC. The Bertz CT molecular complexity index is 1310. The summed E-state index contributed by atoms with van der Waals surface area (Å²) in [6.07, 6.45) is 1.00. The molecule has 1 aliphatic rings. The number of carbonyl (C=O) groups excluding carboxylic acids is 1. The van der Waals surface area contributed by atoms with Gasteiger partial charge in [-0.2, -0.15) is 4.98 Å². The van der Waals surface area contributed by atoms with E-state index in [1.165, 1.54) is 31.7 Å². The maximum Gasteiger partial charge on any atom is 0.269 e. The molecule has 11 nitrogen and oxygen atoms in total. The number of anilines is 5. The maximum absolute atomic E-state index is 14.8. The zero-order valence-electron chi connectivity index (χ0n) is 20.1. The van der Waals surface area contributed by atoms with Gasteiger partial charge in [0.15, 0.2) is 40.3 Å². The molecule has 2 N–H and O–H groups in total. The molecule has 0 radical (unpaired) electrons. The number of methoxy groups -OCH3 is 3. The number of nitrogens with zero attached hydrogens (tertiary/aromatic N) is 4. The molecular weight excluding hydrogens is 491 g/mol. The second-order valence-corrected chi connectivity index (χ2v) is 8.17. The van der Waals surface area contributed by atoms with Crippen molar-refractivity contribution in [2.45, 2.75) is 19.4 Å². The van der Waals surface area contributed by atoms with E-state index in [0.29, 0.717) is 28.7 Å². The number of pyridine rings is 1. The van der Waals surface area contributed by atoms with Gasteiger partial charge < -0.3 is 29.6 Å². The number of rotatable bonds is 8. The molecule has 1 aromatic carbocycles. The van der Waals surface area contributed by atoms with Crippen molar-refractivity contribution in [2.24, 2.45) is 0 Å². The van der Waals surface area contributed by atoms with Crippen LogP contribution in [-0.4, -0.2) is 53.3 Å². The number of carbonyl (C=O) groups is 1. The average molecular weight is 515 g/mol. The van der Waals surface area contributed by atoms with Crippen LogP contribution in [-0.2, 0) is 4.79 Å². The van der Waals surface area contributed by atoms with Crippen molar-refractivity contribution in [3.63, 3.8) is 0 Å². The molecule has 3 heterocycles. The fraction of sp³-hybridized carbons (Fsp3) is 0.261. The number of nitrogens with one attached hydrogen (secondary N) is 2. The maximum atomic E-state index is 14.8. The third-order valence-corrected chi connectivity index (χ3v) is 5.43. The number of aromatic nitrogens is 3. The van der Waals surface area contributed by atoms with Crippen molar-refractivity contribution in [2.75, 3.05) is 36.9 Å². The lowest BCUT2D eigenvalue weighted by Crippen LogP contribution is -2.46. The molecule has 0 atom stereocenters. The lowest BCUT2D eigenvalue weighted by molar-refractivity contribution is -0.129. The summed E-state index contributed by atoms with van der Waals surface area (Å²) in [5.74, 6) is 0.806. The molecule has 0 aliphatic carbocycles. The van der Waals surface area contributed by atoms with Gasteiger partial charge in [0.1, 0.15) is 5.82 Å². The largest absolute Gasteiger partial charge is 0.493 e. The monoisotopic (exact) mass is 514 g/mol. The summed E-state index contributed by atoms with van der Waals surface area (Å²) < 4.78 is 36.6. The van der Waals surface area contributed by atoms with Crippen LogP contribution in [0.25, 0.3) is 0 Å². The van der Waals surface area contributed by atoms with E-state index in [4.69, 9.17) is 31.2 Å². The fourth-order valence-electron chi connectivity index (χ4n) is 3.40. The van der Waals surface area contributed by atoms with Crippen molar-refractivity contribution in [1.29, 1.82) is 0 Å². The van der Waals surface area contributed by atoms with Crippen LogP contribution in [0.1, 0.15) is 13.8 Å². The van der Waals surface area contributed by atoms with Crippen LogP contribution < -0.4 is 34.5 Å². The third-order valence-electron chi connectivity index (χ3n) is 5.21. The molecule has 3 aromatic rings. The highest BCUT2D eigenvalue weighted by Crippen LogP contribution is 2.41. The first kappa shape index (κ1) is 24.9. The van der Waals surface area contributed by atoms with E-state index in [9.17, 15) is 9.18 Å². The van der Waals surface area contributed by atoms with Gasteiger partial charge in [0.2, 0.25) is 11.7 Å². The molecule has 1 aliphatic heterocycles. The second kappa shape index (κ2) is 9.77. The van der Waals surface area contributed by atoms with Crippen LogP contribution in [0.4, 0.5) is 33.5 Å². The van der Waals surface area contributed by atoms with Crippen molar-refractivity contribution >= 4 is 52.7 Å². The number of amides is 1. The van der Waals surface area contributed by atoms with Crippen LogP contribution in [0.5, 0.6) is 23.0 Å². The Morgan fingerprint density at radius 3 is 2.44 bits per heavy atom. The fourth-order valence-corrected chi connectivity index (χ4v) is 3.61. The summed E-state index contributed by atoms with van der Waals surface area (Å²) in [7, 11) is 4.48. The number of benzene rings is 1. The molecule has 0 fully saturated rings. The van der Waals surface area contributed by atoms with Gasteiger partial charge in [-0.25, -0.2) is 14.4 Å². The highest BCUT2D eigenvalue weighted by molar-refractivity contribution is 7.79. The van der Waals surface area contributed by atoms with E-state index in [2.05, 4.69) is 25.6 Å². The molecule has 188 valence electrons. The van der Waals surface area contributed by atoms with E-state index in [0.717, 1.165) is 6.20 Å². The van der Waals surface area contributed by atoms with Gasteiger partial charge in [-0.05, 0) is 26.0 Å². The number of fused-ring (bicyclic) bond motifs is 1. The van der Waals surface area contributed by atoms with Gasteiger partial charge in [-0.15, -0.1) is 0 Å². The van der Waals surface area contributed by atoms with Crippen LogP contribution in [0.2, 0.25) is 0 Å². The summed E-state index contributed by atoms with van der Waals surface area (Å²) in [6, 6.07) is 6.49. The summed E-state index contributed by atoms with van der Waals surface area (Å²) in [5.41, 5.74) is 0.635. The lowest BCUT2D eigenvalue weighted by Gasteiger charge is -2.31. The number of ether oxygens (including phenoxy) is 4. The first-order valence-corrected chi connectivity index (χ1v) is 11.0. The predicted molar refractivity (Wildman–Crippen MR) is 135 cm³/mol. The van der Waals surface area contributed by atoms with Gasteiger partial charge in [0.25, 0.3) is 5.91 Å². The molecule has 0 unspecified atom stereocenters. The average Bonchev–Trinajstić information content (AvgIpc) is 2.86. The highest BCUT2D eigenvalue weighted by atomic mass is 32.1. The van der Waals surface area contributed by atoms with Gasteiger partial charge in [0, 0.05) is 17.8 Å². The van der Waals surface area contributed by atoms with E-state index in [1.807, 2.05) is 0 Å². The Labute approximate surface area is 211 Å². The molecule has 36 heavy (non-hydrogen) atoms. The summed E-state index contributed by atoms with van der Waals surface area (Å²) >= 11 is 5.13. The van der Waals surface area contributed by atoms with Crippen LogP contribution in [0, 0.1) is 5.82 Å². The van der Waals surface area contributed by atoms with Gasteiger partial charge >= 0.3 is 0 Å². The molecule has 2 aromatic heterocycles. The number of thiocarbonyl (C=S) groups is 1. The van der Waals surface area contributed by atoms with Crippen molar-refractivity contribution in [3.8, 4) is 23.0 Å². The van der Waals surface area contributed by atoms with Gasteiger partial charge in [-0.1, -0.05) is 12.2 Å². The molecule has 0 spiro atoms. The third kappa shape index (κ3) is 4.64. The number of halogens is 1. The summed E-state index contributed by atoms with van der Waals surface area (Å²) in [4.78, 5) is 26.2. The molecule has 13 heteroatoms. The van der Waals surface area contributed by atoms with Crippen molar-refractivity contribution < 1.29 is 28.1 Å². The quantitative estimate of drug-likeness (QED) is 0.425. The zero-order valence-corrected chi connectivity index (χ0v) is 20.9. The normalized spacial score (nSPS) is 13.6. The topological polar surface area (TPSA) is 120 Å². The standard InChI is InChI=1S/C23H23FN6O5S/c1-23(2)21(31)28-19-14(35-23)6-7-17(27-19)30(11-36)20-13(24)10-25-22(29-20)26-12-8-15(32-3)18(34-5)16(9-12)33-4/h6-11H,1-5H3,(H,25,26,29)(H,27,28,31). The molecule has 0 saturated heterocycles. The van der Waals surface area contributed by atoms with E-state index >= 15 is 0 Å². The minimum atomic E-state index is -1.05. The van der Waals surface area contributed by atoms with Crippen LogP contribution >= 0.6 is 12.2 Å². The Morgan fingerprint density at radius 1 is 1.14 bits per heavy atom. The van der Waals surface area contributed by atoms with Gasteiger partial charge in [-0.3, -0.25) is 9.69 Å². The smallest absolute Gasteiger partial charge is 0.269 e. The Kier molecular flexibility index (Phi) is 6.75. The Balaban J connectivity index is 1.67. The highest BCUT2D eigenvalue weighted by Gasteiger charge is 2.36.